The van der Waals surface area contributed by atoms with Gasteiger partial charge in [0, 0.05) is 41.6 Å². The van der Waals surface area contributed by atoms with Crippen molar-refractivity contribution in [1.82, 2.24) is 4.90 Å². The molecule has 0 aliphatic carbocycles. The zero-order valence-electron chi connectivity index (χ0n) is 28.4. The van der Waals surface area contributed by atoms with Gasteiger partial charge in [-0.15, -0.1) is 6.58 Å². The smallest absolute Gasteiger partial charge is 0.264 e. The van der Waals surface area contributed by atoms with Crippen LogP contribution in [0.15, 0.2) is 91.5 Å². The highest BCUT2D eigenvalue weighted by Crippen LogP contribution is 2.59. The number of ether oxygens (including phenoxy) is 1. The summed E-state index contributed by atoms with van der Waals surface area (Å²) in [6, 6.07) is 24.4. The Kier molecular flexibility index (Phi) is 7.51. The number of fused-ring (bicyclic) bond motifs is 3. The van der Waals surface area contributed by atoms with Gasteiger partial charge in [0.2, 0.25) is 5.91 Å². The molecule has 5 atom stereocenters. The lowest BCUT2D eigenvalue weighted by Crippen LogP contribution is -2.48. The number of hydrogen-bond donors (Lipinski definition) is 1. The molecule has 1 saturated heterocycles. The van der Waals surface area contributed by atoms with Gasteiger partial charge < -0.3 is 19.6 Å². The highest BCUT2D eigenvalue weighted by Gasteiger charge is 2.66. The van der Waals surface area contributed by atoms with Gasteiger partial charge in [0.15, 0.2) is 5.60 Å². The Hall–Kier alpha value is -4.86. The number of anilines is 3. The molecule has 0 saturated carbocycles. The number of hydrogen-bond acceptors (Lipinski definition) is 5. The second-order valence-electron chi connectivity index (χ2n) is 14.5. The number of benzene rings is 4. The Morgan fingerprint density at radius 2 is 1.78 bits per heavy atom. The van der Waals surface area contributed by atoms with Gasteiger partial charge in [-0.05, 0) is 67.1 Å². The largest absolute Gasteiger partial charge is 0.394 e. The van der Waals surface area contributed by atoms with Crippen LogP contribution in [0.5, 0.6) is 0 Å². The number of rotatable bonds is 7. The third-order valence-electron chi connectivity index (χ3n) is 11.3. The summed E-state index contributed by atoms with van der Waals surface area (Å²) >= 11 is 0. The monoisotopic (exact) mass is 673 g/mol. The molecule has 8 rings (SSSR count). The third-order valence-corrected chi connectivity index (χ3v) is 11.3. The summed E-state index contributed by atoms with van der Waals surface area (Å²) in [5, 5.41) is 12.1. The maximum Gasteiger partial charge on any atom is 0.264 e. The van der Waals surface area contributed by atoms with Gasteiger partial charge in [0.1, 0.15) is 5.67 Å². The number of aliphatic hydroxyl groups excluding tert-OH is 1. The van der Waals surface area contributed by atoms with E-state index < -0.39 is 35.3 Å². The first kappa shape index (κ1) is 32.4. The van der Waals surface area contributed by atoms with Crippen LogP contribution in [-0.4, -0.2) is 58.7 Å². The van der Waals surface area contributed by atoms with Crippen LogP contribution in [0.25, 0.3) is 10.8 Å². The molecule has 8 nitrogen and oxygen atoms in total. The maximum atomic E-state index is 16.4. The van der Waals surface area contributed by atoms with Crippen LogP contribution in [0.2, 0.25) is 0 Å². The topological polar surface area (TPSA) is 90.4 Å². The molecule has 1 N–H and O–H groups in total. The fourth-order valence-electron chi connectivity index (χ4n) is 9.19. The predicted molar refractivity (Wildman–Crippen MR) is 190 cm³/mol. The minimum absolute atomic E-state index is 0.158. The molecule has 1 fully saturated rings. The minimum Gasteiger partial charge on any atom is -0.394 e. The van der Waals surface area contributed by atoms with E-state index in [9.17, 15) is 19.5 Å². The third kappa shape index (κ3) is 4.59. The quantitative estimate of drug-likeness (QED) is 0.224. The van der Waals surface area contributed by atoms with E-state index in [0.717, 1.165) is 27.6 Å². The van der Waals surface area contributed by atoms with Crippen molar-refractivity contribution in [3.05, 3.63) is 114 Å². The van der Waals surface area contributed by atoms with Crippen LogP contribution in [0, 0.1) is 11.8 Å². The van der Waals surface area contributed by atoms with Gasteiger partial charge in [-0.1, -0.05) is 61.5 Å². The highest BCUT2D eigenvalue weighted by atomic mass is 19.1. The molecule has 4 aliphatic heterocycles. The molecule has 0 aromatic heterocycles. The Balaban J connectivity index is 1.20. The maximum absolute atomic E-state index is 16.4. The van der Waals surface area contributed by atoms with E-state index >= 15 is 4.39 Å². The van der Waals surface area contributed by atoms with Crippen molar-refractivity contribution in [2.45, 2.75) is 63.6 Å². The Morgan fingerprint density at radius 1 is 1.04 bits per heavy atom. The van der Waals surface area contributed by atoms with Crippen LogP contribution in [0.3, 0.4) is 0 Å². The molecule has 0 bridgehead atoms. The number of amides is 3. The average molecular weight is 674 g/mol. The summed E-state index contributed by atoms with van der Waals surface area (Å²) < 4.78 is 23.3. The number of aliphatic hydroxyl groups is 1. The summed E-state index contributed by atoms with van der Waals surface area (Å²) in [5.41, 5.74) is 1.72. The number of alkyl halides is 1. The summed E-state index contributed by atoms with van der Waals surface area (Å²) in [4.78, 5) is 47.6. The van der Waals surface area contributed by atoms with Crippen LogP contribution >= 0.6 is 0 Å². The Labute approximate surface area is 290 Å². The second kappa shape index (κ2) is 11.6. The summed E-state index contributed by atoms with van der Waals surface area (Å²) in [6.45, 7) is 8.97. The lowest BCUT2D eigenvalue weighted by molar-refractivity contribution is -0.151. The molecule has 50 heavy (non-hydrogen) atoms. The van der Waals surface area contributed by atoms with Crippen molar-refractivity contribution in [1.29, 1.82) is 0 Å². The van der Waals surface area contributed by atoms with Crippen LogP contribution in [0.1, 0.15) is 54.2 Å². The highest BCUT2D eigenvalue weighted by molar-refractivity contribution is 6.28. The molecule has 256 valence electrons. The molecule has 0 unspecified atom stereocenters. The van der Waals surface area contributed by atoms with Gasteiger partial charge in [-0.2, -0.15) is 0 Å². The van der Waals surface area contributed by atoms with E-state index in [-0.39, 0.29) is 37.3 Å². The summed E-state index contributed by atoms with van der Waals surface area (Å²) in [7, 11) is 0. The van der Waals surface area contributed by atoms with Crippen molar-refractivity contribution in [3.63, 3.8) is 0 Å². The van der Waals surface area contributed by atoms with E-state index in [1.165, 1.54) is 13.8 Å². The molecule has 4 aliphatic rings. The second-order valence-corrected chi connectivity index (χ2v) is 14.5. The standard InChI is InChI=1S/C41H40FN3O5/c1-5-18-43-32-17-16-28(45-33-15-9-13-25-12-8-14-30(36(25)33)38(45)48)20-31(32)41(39(43)49)24(2)37(40(3,4)42)34(50-41)21-35(47)44-22-27-11-7-6-10-26(27)19-29(44)23-46/h5-17,20,24,29,34,37,46H,1,18-19,21-23H2,2-4H3/t24-,29+,34+,37-,41+/m1/s1. The fourth-order valence-corrected chi connectivity index (χ4v) is 9.19. The molecule has 4 heterocycles. The summed E-state index contributed by atoms with van der Waals surface area (Å²) in [6.07, 6.45) is 1.05. The molecule has 4 aromatic rings. The molecule has 3 amide bonds. The fraction of sp³-hybridized carbons (Fsp3) is 0.341. The van der Waals surface area contributed by atoms with Crippen molar-refractivity contribution in [2.75, 3.05) is 23.0 Å². The van der Waals surface area contributed by atoms with E-state index in [0.29, 0.717) is 35.5 Å². The van der Waals surface area contributed by atoms with Crippen molar-refractivity contribution >= 4 is 45.6 Å². The number of nitrogens with zero attached hydrogens (tertiary/aromatic N) is 3. The van der Waals surface area contributed by atoms with Gasteiger partial charge >= 0.3 is 0 Å². The molecular formula is C41H40FN3O5. The van der Waals surface area contributed by atoms with Gasteiger partial charge in [-0.3, -0.25) is 19.3 Å². The van der Waals surface area contributed by atoms with Crippen molar-refractivity contribution < 1.29 is 28.6 Å². The summed E-state index contributed by atoms with van der Waals surface area (Å²) in [5.74, 6) is -2.29. The van der Waals surface area contributed by atoms with Crippen LogP contribution < -0.4 is 9.80 Å². The molecular weight excluding hydrogens is 633 g/mol. The number of halogens is 1. The van der Waals surface area contributed by atoms with Gasteiger partial charge in [0.05, 0.1) is 42.1 Å². The van der Waals surface area contributed by atoms with Crippen LogP contribution in [0.4, 0.5) is 21.5 Å². The number of carbonyl (C=O) groups is 3. The Morgan fingerprint density at radius 3 is 2.50 bits per heavy atom. The molecule has 4 aromatic carbocycles. The molecule has 0 radical (unpaired) electrons. The SMILES string of the molecule is C=CCN1C(=O)[C@@]2(O[C@@H](CC(=O)N3Cc4ccccc4C[C@H]3CO)[C@H](C(C)(C)F)[C@H]2C)c2cc(N3C(=O)c4cccc5cccc3c45)ccc21. The predicted octanol–water partition coefficient (Wildman–Crippen LogP) is 6.59. The number of carbonyl (C=O) groups excluding carboxylic acids is 3. The lowest BCUT2D eigenvalue weighted by atomic mass is 9.71. The molecule has 9 heteroatoms. The van der Waals surface area contributed by atoms with Crippen molar-refractivity contribution in [2.24, 2.45) is 11.8 Å². The van der Waals surface area contributed by atoms with Gasteiger partial charge in [-0.25, -0.2) is 4.39 Å². The van der Waals surface area contributed by atoms with Crippen molar-refractivity contribution in [3.8, 4) is 0 Å². The first-order chi connectivity index (χ1) is 24.0. The lowest BCUT2D eigenvalue weighted by Gasteiger charge is -2.37. The zero-order valence-corrected chi connectivity index (χ0v) is 28.4. The van der Waals surface area contributed by atoms with Crippen LogP contribution in [-0.2, 0) is 32.9 Å². The van der Waals surface area contributed by atoms with Gasteiger partial charge in [0.25, 0.3) is 11.8 Å². The first-order valence-corrected chi connectivity index (χ1v) is 17.3. The Bertz CT molecular complexity index is 2090. The van der Waals surface area contributed by atoms with E-state index in [4.69, 9.17) is 4.74 Å². The minimum atomic E-state index is -1.81. The molecule has 1 spiro atoms. The van der Waals surface area contributed by atoms with E-state index in [1.807, 2.05) is 85.8 Å². The normalized spacial score (nSPS) is 25.5. The zero-order chi connectivity index (χ0) is 35.1. The first-order valence-electron chi connectivity index (χ1n) is 17.3. The van der Waals surface area contributed by atoms with E-state index in [1.54, 1.807) is 20.8 Å². The van der Waals surface area contributed by atoms with E-state index in [2.05, 4.69) is 6.58 Å². The average Bonchev–Trinajstić information content (AvgIpc) is 3.65.